The summed E-state index contributed by atoms with van der Waals surface area (Å²) < 4.78 is 0. The number of hydrogen-bond acceptors (Lipinski definition) is 4. The molecule has 24 heavy (non-hydrogen) atoms. The smallest absolute Gasteiger partial charge is 0.264 e. The Morgan fingerprint density at radius 2 is 1.92 bits per heavy atom. The van der Waals surface area contributed by atoms with Crippen LogP contribution in [0.1, 0.15) is 37.3 Å². The molecular weight excluding hydrogens is 306 g/mol. The predicted octanol–water partition coefficient (Wildman–Crippen LogP) is 1.62. The summed E-state index contributed by atoms with van der Waals surface area (Å²) in [6.45, 7) is 5.29. The molecule has 1 N–H and O–H groups in total. The van der Waals surface area contributed by atoms with Gasteiger partial charge in [-0.25, -0.2) is 0 Å². The maximum absolute atomic E-state index is 12.3. The average Bonchev–Trinajstić information content (AvgIpc) is 3.26. The molecule has 6 heteroatoms. The number of nitrogens with zero attached hydrogens (tertiary/aromatic N) is 2. The molecule has 0 saturated carbocycles. The van der Waals surface area contributed by atoms with Gasteiger partial charge in [-0.1, -0.05) is 35.0 Å². The Kier molecular flexibility index (Phi) is 4.83. The van der Waals surface area contributed by atoms with Crippen molar-refractivity contribution in [2.24, 2.45) is 5.16 Å². The van der Waals surface area contributed by atoms with Crippen molar-refractivity contribution < 1.29 is 14.4 Å². The van der Waals surface area contributed by atoms with E-state index in [1.165, 1.54) is 5.56 Å². The number of likely N-dealkylation sites (tertiary alicyclic amines) is 1. The molecule has 128 valence electrons. The van der Waals surface area contributed by atoms with Crippen LogP contribution in [0.2, 0.25) is 0 Å². The highest BCUT2D eigenvalue weighted by Gasteiger charge is 2.32. The number of carbonyl (C=O) groups is 2. The highest BCUT2D eigenvalue weighted by molar-refractivity contribution is 6.04. The second kappa shape index (κ2) is 7.03. The van der Waals surface area contributed by atoms with Gasteiger partial charge < -0.3 is 15.1 Å². The zero-order valence-electron chi connectivity index (χ0n) is 14.1. The Labute approximate surface area is 141 Å². The normalized spacial score (nSPS) is 21.2. The molecule has 2 aliphatic rings. The fraction of sp³-hybridized carbons (Fsp3) is 0.500. The summed E-state index contributed by atoms with van der Waals surface area (Å²) in [5.41, 5.74) is 2.88. The monoisotopic (exact) mass is 329 g/mol. The fourth-order valence-corrected chi connectivity index (χ4v) is 3.01. The number of amides is 2. The van der Waals surface area contributed by atoms with E-state index in [0.29, 0.717) is 6.42 Å². The summed E-state index contributed by atoms with van der Waals surface area (Å²) in [5, 5.41) is 6.78. The van der Waals surface area contributed by atoms with Gasteiger partial charge in [0.05, 0.1) is 5.71 Å². The van der Waals surface area contributed by atoms with Gasteiger partial charge in [0, 0.05) is 19.5 Å². The Morgan fingerprint density at radius 1 is 1.25 bits per heavy atom. The van der Waals surface area contributed by atoms with E-state index in [9.17, 15) is 9.59 Å². The summed E-state index contributed by atoms with van der Waals surface area (Å²) in [4.78, 5) is 31.7. The van der Waals surface area contributed by atoms with E-state index in [2.05, 4.69) is 10.5 Å². The van der Waals surface area contributed by atoms with Crippen molar-refractivity contribution in [1.29, 1.82) is 0 Å². The lowest BCUT2D eigenvalue weighted by Gasteiger charge is -2.21. The number of rotatable bonds is 4. The molecule has 1 aromatic carbocycles. The van der Waals surface area contributed by atoms with Crippen LogP contribution < -0.4 is 5.32 Å². The second-order valence-electron chi connectivity index (χ2n) is 6.46. The number of hydrogen-bond donors (Lipinski definition) is 1. The molecule has 2 aliphatic heterocycles. The molecule has 0 bridgehead atoms. The van der Waals surface area contributed by atoms with Crippen LogP contribution in [0.25, 0.3) is 0 Å². The van der Waals surface area contributed by atoms with E-state index in [-0.39, 0.29) is 11.8 Å². The van der Waals surface area contributed by atoms with Crippen molar-refractivity contribution in [1.82, 2.24) is 10.2 Å². The van der Waals surface area contributed by atoms with E-state index in [1.807, 2.05) is 31.2 Å². The van der Waals surface area contributed by atoms with Gasteiger partial charge in [-0.3, -0.25) is 9.59 Å². The Hall–Kier alpha value is -2.37. The van der Waals surface area contributed by atoms with Crippen LogP contribution in [0.5, 0.6) is 0 Å². The maximum Gasteiger partial charge on any atom is 0.264 e. The topological polar surface area (TPSA) is 71.0 Å². The quantitative estimate of drug-likeness (QED) is 0.912. The van der Waals surface area contributed by atoms with Gasteiger partial charge in [-0.2, -0.15) is 0 Å². The first-order valence-electron chi connectivity index (χ1n) is 8.43. The summed E-state index contributed by atoms with van der Waals surface area (Å²) in [5.74, 6) is -0.320. The fourth-order valence-electron chi connectivity index (χ4n) is 3.01. The third-order valence-corrected chi connectivity index (χ3v) is 4.49. The largest absolute Gasteiger partial charge is 0.382 e. The molecule has 1 fully saturated rings. The summed E-state index contributed by atoms with van der Waals surface area (Å²) in [6.07, 6.45) is 1.81. The minimum atomic E-state index is -0.671. The molecule has 6 nitrogen and oxygen atoms in total. The molecule has 0 spiro atoms. The van der Waals surface area contributed by atoms with Crippen molar-refractivity contribution in [3.8, 4) is 0 Å². The Balaban J connectivity index is 1.53. The summed E-state index contributed by atoms with van der Waals surface area (Å²) in [6, 6.07) is 7.40. The number of benzene rings is 1. The zero-order valence-corrected chi connectivity index (χ0v) is 14.1. The first kappa shape index (κ1) is 16.5. The van der Waals surface area contributed by atoms with E-state index >= 15 is 0 Å². The van der Waals surface area contributed by atoms with Gasteiger partial charge in [-0.15, -0.1) is 0 Å². The molecule has 3 rings (SSSR count). The van der Waals surface area contributed by atoms with Crippen molar-refractivity contribution in [2.45, 2.75) is 45.3 Å². The van der Waals surface area contributed by atoms with Gasteiger partial charge in [0.15, 0.2) is 0 Å². The van der Waals surface area contributed by atoms with Crippen molar-refractivity contribution in [3.63, 3.8) is 0 Å². The minimum Gasteiger partial charge on any atom is -0.382 e. The molecular formula is C18H23N3O3. The molecule has 0 aliphatic carbocycles. The first-order chi connectivity index (χ1) is 11.5. The van der Waals surface area contributed by atoms with Crippen LogP contribution in [0, 0.1) is 6.92 Å². The van der Waals surface area contributed by atoms with E-state index in [1.54, 1.807) is 11.8 Å². The lowest BCUT2D eigenvalue weighted by atomic mass is 10.0. The number of aryl methyl sites for hydroxylation is 1. The molecule has 1 saturated heterocycles. The zero-order chi connectivity index (χ0) is 17.1. The van der Waals surface area contributed by atoms with Gasteiger partial charge in [-0.05, 0) is 32.3 Å². The maximum atomic E-state index is 12.3. The summed E-state index contributed by atoms with van der Waals surface area (Å²) in [7, 11) is 0. The molecule has 0 unspecified atom stereocenters. The van der Waals surface area contributed by atoms with Crippen LogP contribution in [-0.4, -0.2) is 47.7 Å². The van der Waals surface area contributed by atoms with Gasteiger partial charge in [0.1, 0.15) is 6.04 Å². The SMILES string of the molecule is Cc1ccc(C2=NO[C@@H](C(=O)N[C@H](C)C(=O)N3CCCC3)C2)cc1. The van der Waals surface area contributed by atoms with Crippen LogP contribution in [0.3, 0.4) is 0 Å². The Morgan fingerprint density at radius 3 is 2.58 bits per heavy atom. The van der Waals surface area contributed by atoms with Crippen LogP contribution in [-0.2, 0) is 14.4 Å². The van der Waals surface area contributed by atoms with Gasteiger partial charge >= 0.3 is 0 Å². The van der Waals surface area contributed by atoms with Crippen molar-refractivity contribution >= 4 is 17.5 Å². The number of nitrogens with one attached hydrogen (secondary N) is 1. The third-order valence-electron chi connectivity index (χ3n) is 4.49. The van der Waals surface area contributed by atoms with E-state index in [4.69, 9.17) is 4.84 Å². The molecule has 0 radical (unpaired) electrons. The van der Waals surface area contributed by atoms with Crippen LogP contribution in [0.4, 0.5) is 0 Å². The summed E-state index contributed by atoms with van der Waals surface area (Å²) >= 11 is 0. The second-order valence-corrected chi connectivity index (χ2v) is 6.46. The van der Waals surface area contributed by atoms with Crippen molar-refractivity contribution in [3.05, 3.63) is 35.4 Å². The number of carbonyl (C=O) groups excluding carboxylic acids is 2. The Bertz CT molecular complexity index is 648. The average molecular weight is 329 g/mol. The first-order valence-corrected chi connectivity index (χ1v) is 8.43. The van der Waals surface area contributed by atoms with Gasteiger partial charge in [0.25, 0.3) is 5.91 Å². The lowest BCUT2D eigenvalue weighted by molar-refractivity contribution is -0.138. The minimum absolute atomic E-state index is 0.0291. The van der Waals surface area contributed by atoms with Gasteiger partial charge in [0.2, 0.25) is 12.0 Å². The van der Waals surface area contributed by atoms with E-state index < -0.39 is 12.1 Å². The molecule has 2 atom stereocenters. The van der Waals surface area contributed by atoms with Crippen LogP contribution >= 0.6 is 0 Å². The molecule has 2 amide bonds. The third kappa shape index (κ3) is 3.58. The highest BCUT2D eigenvalue weighted by Crippen LogP contribution is 2.18. The van der Waals surface area contributed by atoms with Crippen molar-refractivity contribution in [2.75, 3.05) is 13.1 Å². The predicted molar refractivity (Wildman–Crippen MR) is 90.6 cm³/mol. The highest BCUT2D eigenvalue weighted by atomic mass is 16.6. The standard InChI is InChI=1S/C18H23N3O3/c1-12-5-7-14(8-6-12)15-11-16(24-20-15)17(22)19-13(2)18(23)21-9-3-4-10-21/h5-8,13,16H,3-4,9-11H2,1-2H3,(H,19,22)/t13-,16-/m1/s1. The molecule has 1 aromatic rings. The van der Waals surface area contributed by atoms with E-state index in [0.717, 1.165) is 37.2 Å². The number of oxime groups is 1. The molecule has 2 heterocycles. The lowest BCUT2D eigenvalue weighted by Crippen LogP contribution is -2.48. The van der Waals surface area contributed by atoms with Crippen LogP contribution in [0.15, 0.2) is 29.4 Å². The molecule has 0 aromatic heterocycles.